The van der Waals surface area contributed by atoms with E-state index in [1.807, 2.05) is 19.9 Å². The molecule has 4 nitrogen and oxygen atoms in total. The minimum atomic E-state index is -0.511. The van der Waals surface area contributed by atoms with Gasteiger partial charge in [0.05, 0.1) is 11.6 Å². The zero-order valence-electron chi connectivity index (χ0n) is 11.8. The molecule has 0 spiro atoms. The van der Waals surface area contributed by atoms with Crippen LogP contribution in [0.3, 0.4) is 0 Å². The number of nitrogens with zero attached hydrogens (tertiary/aromatic N) is 1. The monoisotopic (exact) mass is 273 g/mol. The quantitative estimate of drug-likeness (QED) is 0.611. The smallest absolute Gasteiger partial charge is 0.238 e. The summed E-state index contributed by atoms with van der Waals surface area (Å²) in [5, 5.41) is 0. The molecule has 1 unspecified atom stereocenters. The average molecular weight is 273 g/mol. The van der Waals surface area contributed by atoms with Crippen molar-refractivity contribution in [2.45, 2.75) is 26.7 Å². The highest BCUT2D eigenvalue weighted by Crippen LogP contribution is 2.32. The Morgan fingerprint density at radius 1 is 1.25 bits per heavy atom. The molecule has 2 atom stereocenters. The summed E-state index contributed by atoms with van der Waals surface area (Å²) < 4.78 is 0. The van der Waals surface area contributed by atoms with Crippen LogP contribution in [0.4, 0.5) is 5.69 Å². The van der Waals surface area contributed by atoms with Crippen LogP contribution in [0.5, 0.6) is 0 Å². The first-order valence-electron chi connectivity index (χ1n) is 6.91. The van der Waals surface area contributed by atoms with Gasteiger partial charge in [0.2, 0.25) is 11.8 Å². The van der Waals surface area contributed by atoms with Crippen LogP contribution in [0.1, 0.15) is 26.7 Å². The van der Waals surface area contributed by atoms with Gasteiger partial charge in [0.15, 0.2) is 0 Å². The number of imide groups is 1. The molecule has 0 aromatic heterocycles. The van der Waals surface area contributed by atoms with Gasteiger partial charge >= 0.3 is 0 Å². The summed E-state index contributed by atoms with van der Waals surface area (Å²) in [7, 11) is 0. The maximum Gasteiger partial charge on any atom is 0.238 e. The van der Waals surface area contributed by atoms with E-state index in [0.717, 1.165) is 6.29 Å². The molecule has 0 bridgehead atoms. The molecule has 0 radical (unpaired) electrons. The summed E-state index contributed by atoms with van der Waals surface area (Å²) in [5.74, 6) is -1.04. The Balaban J connectivity index is 2.22. The van der Waals surface area contributed by atoms with E-state index in [1.165, 1.54) is 4.90 Å². The van der Waals surface area contributed by atoms with Crippen molar-refractivity contribution in [1.82, 2.24) is 0 Å². The third-order valence-electron chi connectivity index (χ3n) is 3.63. The number of carbonyl (C=O) groups excluding carboxylic acids is 3. The minimum Gasteiger partial charge on any atom is -0.303 e. The number of hydrogen-bond acceptors (Lipinski definition) is 3. The number of carbonyl (C=O) groups is 3. The summed E-state index contributed by atoms with van der Waals surface area (Å²) >= 11 is 0. The summed E-state index contributed by atoms with van der Waals surface area (Å²) in [5.41, 5.74) is 0.583. The highest BCUT2D eigenvalue weighted by Gasteiger charge is 2.43. The van der Waals surface area contributed by atoms with Crippen molar-refractivity contribution in [2.75, 3.05) is 4.90 Å². The number of hydrogen-bond donors (Lipinski definition) is 0. The molecule has 20 heavy (non-hydrogen) atoms. The third kappa shape index (κ3) is 2.79. The van der Waals surface area contributed by atoms with E-state index < -0.39 is 5.92 Å². The predicted molar refractivity (Wildman–Crippen MR) is 76.1 cm³/mol. The van der Waals surface area contributed by atoms with Gasteiger partial charge < -0.3 is 4.79 Å². The Hall–Kier alpha value is -1.97. The molecular formula is C16H19NO3. The van der Waals surface area contributed by atoms with Crippen LogP contribution in [0.25, 0.3) is 0 Å². The number of amides is 2. The van der Waals surface area contributed by atoms with Crippen molar-refractivity contribution in [2.24, 2.45) is 17.8 Å². The molecule has 1 aromatic rings. The van der Waals surface area contributed by atoms with E-state index in [4.69, 9.17) is 0 Å². The largest absolute Gasteiger partial charge is 0.303 e. The third-order valence-corrected chi connectivity index (χ3v) is 3.63. The van der Waals surface area contributed by atoms with Gasteiger partial charge in [-0.1, -0.05) is 32.0 Å². The molecule has 2 rings (SSSR count). The zero-order chi connectivity index (χ0) is 14.7. The molecule has 1 heterocycles. The molecule has 0 saturated carbocycles. The van der Waals surface area contributed by atoms with Crippen LogP contribution in [0.2, 0.25) is 0 Å². The number of benzene rings is 1. The van der Waals surface area contributed by atoms with Gasteiger partial charge in [-0.2, -0.15) is 0 Å². The normalized spacial score (nSPS) is 20.6. The molecule has 106 valence electrons. The molecule has 1 aliphatic heterocycles. The van der Waals surface area contributed by atoms with Crippen LogP contribution in [-0.4, -0.2) is 18.1 Å². The lowest BCUT2D eigenvalue weighted by Gasteiger charge is -2.19. The summed E-state index contributed by atoms with van der Waals surface area (Å²) in [6.45, 7) is 4.01. The van der Waals surface area contributed by atoms with E-state index in [1.54, 1.807) is 24.3 Å². The Morgan fingerprint density at radius 2 is 1.90 bits per heavy atom. The second kappa shape index (κ2) is 5.99. The van der Waals surface area contributed by atoms with Crippen molar-refractivity contribution in [3.8, 4) is 0 Å². The lowest BCUT2D eigenvalue weighted by atomic mass is 9.85. The van der Waals surface area contributed by atoms with Gasteiger partial charge in [-0.25, -0.2) is 0 Å². The first-order valence-corrected chi connectivity index (χ1v) is 6.91. The Morgan fingerprint density at radius 3 is 2.45 bits per heavy atom. The van der Waals surface area contributed by atoms with Crippen molar-refractivity contribution in [3.05, 3.63) is 30.3 Å². The molecular weight excluding hydrogens is 254 g/mol. The van der Waals surface area contributed by atoms with Gasteiger partial charge in [-0.05, 0) is 24.5 Å². The topological polar surface area (TPSA) is 54.5 Å². The Kier molecular flexibility index (Phi) is 4.32. The molecule has 1 saturated heterocycles. The molecule has 1 fully saturated rings. The van der Waals surface area contributed by atoms with Crippen LogP contribution in [0.15, 0.2) is 30.3 Å². The number of anilines is 1. The van der Waals surface area contributed by atoms with E-state index in [0.29, 0.717) is 18.0 Å². The number of rotatable bonds is 5. The summed E-state index contributed by atoms with van der Waals surface area (Å²) in [4.78, 5) is 37.0. The fraction of sp³-hybridized carbons (Fsp3) is 0.438. The van der Waals surface area contributed by atoms with E-state index in [2.05, 4.69) is 0 Å². The second-order valence-electron chi connectivity index (χ2n) is 5.64. The van der Waals surface area contributed by atoms with Crippen LogP contribution >= 0.6 is 0 Å². The minimum absolute atomic E-state index is 0.129. The fourth-order valence-corrected chi connectivity index (χ4v) is 2.70. The zero-order valence-corrected chi connectivity index (χ0v) is 11.8. The van der Waals surface area contributed by atoms with Gasteiger partial charge in [-0.15, -0.1) is 0 Å². The SMILES string of the molecule is CC(C)CC(C=O)[C@@H]1CC(=O)N(c2ccccc2)C1=O. The molecule has 0 N–H and O–H groups in total. The Labute approximate surface area is 118 Å². The highest BCUT2D eigenvalue weighted by atomic mass is 16.2. The maximum atomic E-state index is 12.4. The number of aldehydes is 1. The standard InChI is InChI=1S/C16H19NO3/c1-11(2)8-12(10-18)14-9-15(19)17(16(14)20)13-6-4-3-5-7-13/h3-7,10-12,14H,8-9H2,1-2H3/t12?,14-/m0/s1. The van der Waals surface area contributed by atoms with Gasteiger partial charge in [0.25, 0.3) is 0 Å². The summed E-state index contributed by atoms with van der Waals surface area (Å²) in [6.07, 6.45) is 1.59. The highest BCUT2D eigenvalue weighted by molar-refractivity contribution is 6.21. The van der Waals surface area contributed by atoms with E-state index in [-0.39, 0.29) is 24.2 Å². The molecule has 1 aliphatic rings. The molecule has 0 aliphatic carbocycles. The molecule has 1 aromatic carbocycles. The predicted octanol–water partition coefficient (Wildman–Crippen LogP) is 2.43. The first kappa shape index (κ1) is 14.4. The molecule has 4 heteroatoms. The fourth-order valence-electron chi connectivity index (χ4n) is 2.70. The van der Waals surface area contributed by atoms with Crippen LogP contribution < -0.4 is 4.90 Å². The van der Waals surface area contributed by atoms with Crippen LogP contribution in [0, 0.1) is 17.8 Å². The number of para-hydroxylation sites is 1. The van der Waals surface area contributed by atoms with Crippen molar-refractivity contribution in [3.63, 3.8) is 0 Å². The second-order valence-corrected chi connectivity index (χ2v) is 5.64. The molecule has 2 amide bonds. The lowest BCUT2D eigenvalue weighted by molar-refractivity contribution is -0.126. The van der Waals surface area contributed by atoms with Crippen molar-refractivity contribution >= 4 is 23.8 Å². The van der Waals surface area contributed by atoms with E-state index in [9.17, 15) is 14.4 Å². The van der Waals surface area contributed by atoms with Gasteiger partial charge in [0.1, 0.15) is 6.29 Å². The maximum absolute atomic E-state index is 12.4. The van der Waals surface area contributed by atoms with Crippen LogP contribution in [-0.2, 0) is 14.4 Å². The van der Waals surface area contributed by atoms with Gasteiger partial charge in [-0.3, -0.25) is 14.5 Å². The summed E-state index contributed by atoms with van der Waals surface area (Å²) in [6, 6.07) is 8.87. The lowest BCUT2D eigenvalue weighted by Crippen LogP contribution is -2.32. The first-order chi connectivity index (χ1) is 9.54. The van der Waals surface area contributed by atoms with Crippen molar-refractivity contribution < 1.29 is 14.4 Å². The van der Waals surface area contributed by atoms with Crippen molar-refractivity contribution in [1.29, 1.82) is 0 Å². The van der Waals surface area contributed by atoms with E-state index >= 15 is 0 Å². The average Bonchev–Trinajstić information content (AvgIpc) is 2.72. The van der Waals surface area contributed by atoms with Gasteiger partial charge in [0, 0.05) is 12.3 Å². The Bertz CT molecular complexity index is 510.